The fraction of sp³-hybridized carbons (Fsp3) is 0.448. The van der Waals surface area contributed by atoms with Gasteiger partial charge < -0.3 is 10.4 Å². The lowest BCUT2D eigenvalue weighted by Crippen LogP contribution is -2.40. The molecule has 7 heteroatoms. The number of fused-ring (bicyclic) bond motifs is 1. The van der Waals surface area contributed by atoms with Crippen molar-refractivity contribution in [1.29, 1.82) is 0 Å². The third-order valence-corrected chi connectivity index (χ3v) is 6.93. The predicted molar refractivity (Wildman–Crippen MR) is 140 cm³/mol. The quantitative estimate of drug-likeness (QED) is 0.345. The number of nitrogens with zero attached hydrogens (tertiary/aromatic N) is 3. The Hall–Kier alpha value is -3.48. The Morgan fingerprint density at radius 2 is 1.83 bits per heavy atom. The molecule has 1 aliphatic carbocycles. The zero-order valence-electron chi connectivity index (χ0n) is 21.1. The minimum absolute atomic E-state index is 0.370. The van der Waals surface area contributed by atoms with E-state index in [0.29, 0.717) is 12.0 Å². The SMILES string of the molecule is Cn1cc(-c2cccc(C(=O)N[C@H](CCCCCCCc3ccc4c(n3)CCCC4)C(=O)O)c2)cn1. The number of amides is 1. The van der Waals surface area contributed by atoms with Gasteiger partial charge in [-0.15, -0.1) is 0 Å². The van der Waals surface area contributed by atoms with Gasteiger partial charge in [0, 0.05) is 35.8 Å². The molecule has 36 heavy (non-hydrogen) atoms. The van der Waals surface area contributed by atoms with Gasteiger partial charge >= 0.3 is 5.97 Å². The average Bonchev–Trinajstić information content (AvgIpc) is 3.33. The Labute approximate surface area is 213 Å². The number of nitrogens with one attached hydrogen (secondary N) is 1. The largest absolute Gasteiger partial charge is 0.480 e. The summed E-state index contributed by atoms with van der Waals surface area (Å²) in [6.45, 7) is 0. The fourth-order valence-corrected chi connectivity index (χ4v) is 4.86. The van der Waals surface area contributed by atoms with Crippen LogP contribution in [0.4, 0.5) is 0 Å². The summed E-state index contributed by atoms with van der Waals surface area (Å²) >= 11 is 0. The fourth-order valence-electron chi connectivity index (χ4n) is 4.86. The molecule has 2 N–H and O–H groups in total. The van der Waals surface area contributed by atoms with Crippen LogP contribution in [0.1, 0.15) is 78.7 Å². The van der Waals surface area contributed by atoms with Gasteiger partial charge in [0.25, 0.3) is 5.91 Å². The number of carboxylic acids is 1. The van der Waals surface area contributed by atoms with Crippen molar-refractivity contribution in [1.82, 2.24) is 20.1 Å². The summed E-state index contributed by atoms with van der Waals surface area (Å²) in [4.78, 5) is 29.4. The summed E-state index contributed by atoms with van der Waals surface area (Å²) in [6, 6.07) is 10.7. The van der Waals surface area contributed by atoms with Crippen LogP contribution in [0.3, 0.4) is 0 Å². The molecule has 0 fully saturated rings. The molecular formula is C29H36N4O3. The highest BCUT2D eigenvalue weighted by atomic mass is 16.4. The molecule has 1 amide bonds. The van der Waals surface area contributed by atoms with Gasteiger partial charge in [-0.2, -0.15) is 5.10 Å². The van der Waals surface area contributed by atoms with Crippen LogP contribution >= 0.6 is 0 Å². The summed E-state index contributed by atoms with van der Waals surface area (Å²) in [5.41, 5.74) is 6.13. The lowest BCUT2D eigenvalue weighted by atomic mass is 9.95. The maximum Gasteiger partial charge on any atom is 0.326 e. The minimum Gasteiger partial charge on any atom is -0.480 e. The van der Waals surface area contributed by atoms with Crippen molar-refractivity contribution in [3.8, 4) is 11.1 Å². The first kappa shape index (κ1) is 25.6. The monoisotopic (exact) mass is 488 g/mol. The Morgan fingerprint density at radius 3 is 2.64 bits per heavy atom. The summed E-state index contributed by atoms with van der Waals surface area (Å²) in [6.07, 6.45) is 14.8. The number of carbonyl (C=O) groups excluding carboxylic acids is 1. The van der Waals surface area contributed by atoms with Gasteiger partial charge in [-0.3, -0.25) is 14.5 Å². The molecule has 0 radical (unpaired) electrons. The minimum atomic E-state index is -0.995. The van der Waals surface area contributed by atoms with Gasteiger partial charge in [0.05, 0.1) is 6.20 Å². The van der Waals surface area contributed by atoms with E-state index in [2.05, 4.69) is 22.5 Å². The van der Waals surface area contributed by atoms with E-state index in [1.165, 1.54) is 29.8 Å². The smallest absolute Gasteiger partial charge is 0.326 e. The van der Waals surface area contributed by atoms with Crippen molar-refractivity contribution in [2.24, 2.45) is 7.05 Å². The molecule has 1 aromatic carbocycles. The number of rotatable bonds is 12. The molecule has 1 aliphatic rings. The van der Waals surface area contributed by atoms with Crippen LogP contribution < -0.4 is 5.32 Å². The maximum atomic E-state index is 12.7. The van der Waals surface area contributed by atoms with Gasteiger partial charge in [-0.05, 0) is 74.3 Å². The normalized spacial score (nSPS) is 13.7. The summed E-state index contributed by atoms with van der Waals surface area (Å²) in [5.74, 6) is -1.36. The van der Waals surface area contributed by atoms with Crippen LogP contribution in [0.25, 0.3) is 11.1 Å². The van der Waals surface area contributed by atoms with E-state index >= 15 is 0 Å². The Balaban J connectivity index is 1.18. The molecule has 0 saturated heterocycles. The second-order valence-electron chi connectivity index (χ2n) is 9.77. The zero-order valence-corrected chi connectivity index (χ0v) is 21.1. The van der Waals surface area contributed by atoms with Crippen molar-refractivity contribution in [3.05, 3.63) is 71.3 Å². The molecule has 7 nitrogen and oxygen atoms in total. The first-order chi connectivity index (χ1) is 17.5. The topological polar surface area (TPSA) is 97.1 Å². The highest BCUT2D eigenvalue weighted by molar-refractivity contribution is 5.97. The van der Waals surface area contributed by atoms with Crippen LogP contribution in [-0.4, -0.2) is 37.8 Å². The van der Waals surface area contributed by atoms with Gasteiger partial charge in [0.2, 0.25) is 0 Å². The van der Waals surface area contributed by atoms with Crippen LogP contribution in [0.15, 0.2) is 48.8 Å². The molecule has 1 atom stereocenters. The van der Waals surface area contributed by atoms with Crippen molar-refractivity contribution in [2.75, 3.05) is 0 Å². The molecule has 2 aromatic heterocycles. The van der Waals surface area contributed by atoms with Gasteiger partial charge in [-0.1, -0.05) is 43.9 Å². The van der Waals surface area contributed by atoms with E-state index < -0.39 is 12.0 Å². The van der Waals surface area contributed by atoms with Crippen LogP contribution in [0, 0.1) is 0 Å². The molecule has 0 saturated carbocycles. The van der Waals surface area contributed by atoms with E-state index in [0.717, 1.165) is 62.5 Å². The number of aliphatic carboxylic acids is 1. The molecule has 0 spiro atoms. The zero-order chi connectivity index (χ0) is 25.3. The lowest BCUT2D eigenvalue weighted by molar-refractivity contribution is -0.139. The first-order valence-corrected chi connectivity index (χ1v) is 13.1. The number of carboxylic acid groups (broad SMARTS) is 1. The van der Waals surface area contributed by atoms with Crippen molar-refractivity contribution >= 4 is 11.9 Å². The van der Waals surface area contributed by atoms with Crippen molar-refractivity contribution in [2.45, 2.75) is 76.7 Å². The van der Waals surface area contributed by atoms with Gasteiger partial charge in [0.1, 0.15) is 6.04 Å². The van der Waals surface area contributed by atoms with E-state index in [-0.39, 0.29) is 5.91 Å². The number of aryl methyl sites for hydroxylation is 4. The molecule has 190 valence electrons. The third kappa shape index (κ3) is 7.03. The second kappa shape index (κ2) is 12.5. The third-order valence-electron chi connectivity index (χ3n) is 6.93. The van der Waals surface area contributed by atoms with E-state index in [4.69, 9.17) is 4.98 Å². The molecule has 4 rings (SSSR count). The molecular weight excluding hydrogens is 452 g/mol. The number of hydrogen-bond donors (Lipinski definition) is 2. The predicted octanol–water partition coefficient (Wildman–Crippen LogP) is 5.13. The molecule has 2 heterocycles. The lowest BCUT2D eigenvalue weighted by Gasteiger charge is -2.15. The molecule has 0 aliphatic heterocycles. The van der Waals surface area contributed by atoms with E-state index in [1.807, 2.05) is 19.3 Å². The number of aromatic nitrogens is 3. The molecule has 3 aromatic rings. The molecule has 0 unspecified atom stereocenters. The highest BCUT2D eigenvalue weighted by Crippen LogP contribution is 2.21. The van der Waals surface area contributed by atoms with E-state index in [1.54, 1.807) is 29.1 Å². The van der Waals surface area contributed by atoms with Crippen LogP contribution in [0.5, 0.6) is 0 Å². The number of hydrogen-bond acceptors (Lipinski definition) is 4. The summed E-state index contributed by atoms with van der Waals surface area (Å²) < 4.78 is 1.70. The highest BCUT2D eigenvalue weighted by Gasteiger charge is 2.20. The van der Waals surface area contributed by atoms with Crippen LogP contribution in [-0.2, 0) is 31.1 Å². The Morgan fingerprint density at radius 1 is 1.03 bits per heavy atom. The maximum absolute atomic E-state index is 12.7. The second-order valence-corrected chi connectivity index (χ2v) is 9.77. The summed E-state index contributed by atoms with van der Waals surface area (Å²) in [7, 11) is 1.84. The Kier molecular flexibility index (Phi) is 8.87. The van der Waals surface area contributed by atoms with Crippen molar-refractivity contribution < 1.29 is 14.7 Å². The molecule has 0 bridgehead atoms. The van der Waals surface area contributed by atoms with Gasteiger partial charge in [0.15, 0.2) is 0 Å². The number of benzene rings is 1. The number of carbonyl (C=O) groups is 2. The summed E-state index contributed by atoms with van der Waals surface area (Å²) in [5, 5.41) is 16.5. The van der Waals surface area contributed by atoms with Crippen molar-refractivity contribution in [3.63, 3.8) is 0 Å². The standard InChI is InChI=1S/C29H36N4O3/c1-33-20-24(19-30-33)22-11-9-12-23(18-22)28(34)32-27(29(35)36)15-6-4-2-3-5-13-25-17-16-21-10-7-8-14-26(21)31-25/h9,11-12,16-20,27H,2-8,10,13-15H2,1H3,(H,32,34)(H,35,36)/t27-/m1/s1. The van der Waals surface area contributed by atoms with E-state index in [9.17, 15) is 14.7 Å². The number of unbranched alkanes of at least 4 members (excludes halogenated alkanes) is 4. The number of pyridine rings is 1. The first-order valence-electron chi connectivity index (χ1n) is 13.1. The van der Waals surface area contributed by atoms with Crippen LogP contribution in [0.2, 0.25) is 0 Å². The Bertz CT molecular complexity index is 1190. The van der Waals surface area contributed by atoms with Gasteiger partial charge in [-0.25, -0.2) is 4.79 Å². The average molecular weight is 489 g/mol.